The van der Waals surface area contributed by atoms with Gasteiger partial charge in [-0.25, -0.2) is 0 Å². The molecule has 1 heterocycles. The summed E-state index contributed by atoms with van der Waals surface area (Å²) < 4.78 is 3.05. The summed E-state index contributed by atoms with van der Waals surface area (Å²) >= 11 is 3.72. The van der Waals surface area contributed by atoms with Crippen LogP contribution in [0.25, 0.3) is 38.3 Å². The Labute approximate surface area is 184 Å². The first kappa shape index (κ1) is 18.8. The third kappa shape index (κ3) is 2.53. The Kier molecular flexibility index (Phi) is 4.29. The molecule has 7 heteroatoms. The van der Waals surface area contributed by atoms with Crippen molar-refractivity contribution in [3.63, 3.8) is 0 Å². The first-order chi connectivity index (χ1) is 13.9. The van der Waals surface area contributed by atoms with E-state index in [2.05, 4.69) is 40.2 Å². The average Bonchev–Trinajstić information content (AvgIpc) is 3.06. The molecule has 5 aromatic rings. The minimum absolute atomic E-state index is 0.206. The number of aromatic nitrogens is 1. The second-order valence-electron chi connectivity index (χ2n) is 7.07. The molecule has 1 nitrogen and oxygen atoms in total. The van der Waals surface area contributed by atoms with Gasteiger partial charge < -0.3 is 4.57 Å². The molecule has 0 atom stereocenters. The molecule has 0 aliphatic carbocycles. The van der Waals surface area contributed by atoms with E-state index in [1.807, 2.05) is 34.9 Å². The number of halogens is 1. The van der Waals surface area contributed by atoms with Crippen molar-refractivity contribution in [3.05, 3.63) is 59.1 Å². The Morgan fingerprint density at radius 1 is 0.586 bits per heavy atom. The summed E-state index contributed by atoms with van der Waals surface area (Å²) in [6, 6.07) is 18.4. The molecule has 29 heavy (non-hydrogen) atoms. The molecular formula is C22H9B5BrN. The van der Waals surface area contributed by atoms with Gasteiger partial charge in [-0.2, -0.15) is 0 Å². The summed E-state index contributed by atoms with van der Waals surface area (Å²) in [6.07, 6.45) is 0. The van der Waals surface area contributed by atoms with Gasteiger partial charge in [0.2, 0.25) is 0 Å². The van der Waals surface area contributed by atoms with Crippen molar-refractivity contribution >= 4 is 115 Å². The second kappa shape index (κ2) is 6.63. The van der Waals surface area contributed by atoms with Gasteiger partial charge in [-0.05, 0) is 17.5 Å². The molecule has 0 aliphatic heterocycles. The highest BCUT2D eigenvalue weighted by Gasteiger charge is 2.20. The highest BCUT2D eigenvalue weighted by molar-refractivity contribution is 9.10. The fourth-order valence-electron chi connectivity index (χ4n) is 4.09. The van der Waals surface area contributed by atoms with E-state index in [0.717, 1.165) is 37.1 Å². The van der Waals surface area contributed by atoms with Crippen LogP contribution in [-0.4, -0.2) is 43.8 Å². The Balaban J connectivity index is 2.12. The van der Waals surface area contributed by atoms with Gasteiger partial charge >= 0.3 is 0 Å². The third-order valence-electron chi connectivity index (χ3n) is 5.52. The smallest absolute Gasteiger partial charge is 0.115 e. The topological polar surface area (TPSA) is 4.93 Å². The molecule has 0 N–H and O–H groups in total. The zero-order valence-electron chi connectivity index (χ0n) is 15.4. The number of fused-ring (bicyclic) bond motifs is 5. The molecule has 1 aromatic heterocycles. The normalized spacial score (nSPS) is 11.6. The summed E-state index contributed by atoms with van der Waals surface area (Å²) in [5, 5.41) is 4.28. The monoisotopic (exact) mass is 421 g/mol. The van der Waals surface area contributed by atoms with Crippen LogP contribution in [0.5, 0.6) is 0 Å². The fourth-order valence-corrected chi connectivity index (χ4v) is 4.66. The standard InChI is InChI=1S/C22H9B5BrN/c23-16-17(24)19(26)22(20(27)18(16)25)29-15-8-4-3-6-11(15)13-9-14(28)10-5-1-2-7-12(10)21(13)29/h1-9H. The maximum absolute atomic E-state index is 6.43. The second-order valence-corrected chi connectivity index (χ2v) is 7.92. The summed E-state index contributed by atoms with van der Waals surface area (Å²) in [4.78, 5) is 0. The van der Waals surface area contributed by atoms with E-state index in [1.165, 1.54) is 0 Å². The van der Waals surface area contributed by atoms with E-state index in [9.17, 15) is 0 Å². The van der Waals surface area contributed by atoms with Crippen molar-refractivity contribution in [2.24, 2.45) is 0 Å². The lowest BCUT2D eigenvalue weighted by molar-refractivity contribution is 1.22. The Hall–Kier alpha value is -2.26. The first-order valence-corrected chi connectivity index (χ1v) is 9.83. The molecule has 0 spiro atoms. The minimum atomic E-state index is 0.206. The lowest BCUT2D eigenvalue weighted by Crippen LogP contribution is -2.56. The summed E-state index contributed by atoms with van der Waals surface area (Å²) in [6.45, 7) is 0. The Morgan fingerprint density at radius 3 is 1.76 bits per heavy atom. The molecule has 0 bridgehead atoms. The van der Waals surface area contributed by atoms with Crippen LogP contribution in [0.3, 0.4) is 0 Å². The lowest BCUT2D eigenvalue weighted by Gasteiger charge is -2.23. The van der Waals surface area contributed by atoms with Crippen LogP contribution in [0.15, 0.2) is 59.1 Å². The Morgan fingerprint density at radius 2 is 1.10 bits per heavy atom. The average molecular weight is 421 g/mol. The van der Waals surface area contributed by atoms with Crippen LogP contribution >= 0.6 is 15.9 Å². The maximum atomic E-state index is 6.43. The number of nitrogens with zero attached hydrogens (tertiary/aromatic N) is 1. The molecule has 5 rings (SSSR count). The number of rotatable bonds is 1. The van der Waals surface area contributed by atoms with E-state index in [0.29, 0.717) is 16.6 Å². The number of para-hydroxylation sites is 1. The van der Waals surface area contributed by atoms with Crippen molar-refractivity contribution in [2.75, 3.05) is 0 Å². The highest BCUT2D eigenvalue weighted by Crippen LogP contribution is 2.38. The summed E-state index contributed by atoms with van der Waals surface area (Å²) in [5.41, 5.74) is 3.77. The Bertz CT molecular complexity index is 1440. The van der Waals surface area contributed by atoms with Crippen LogP contribution in [0.4, 0.5) is 0 Å². The van der Waals surface area contributed by atoms with Gasteiger partial charge in [-0.1, -0.05) is 69.3 Å². The largest absolute Gasteiger partial charge is 0.310 e. The molecule has 10 radical (unpaired) electrons. The van der Waals surface area contributed by atoms with Crippen LogP contribution in [-0.2, 0) is 0 Å². The van der Waals surface area contributed by atoms with Gasteiger partial charge in [0, 0.05) is 26.3 Å². The predicted molar refractivity (Wildman–Crippen MR) is 133 cm³/mol. The number of benzene rings is 4. The van der Waals surface area contributed by atoms with Crippen LogP contribution in [0.2, 0.25) is 0 Å². The molecule has 0 amide bonds. The number of hydrogen-bond donors (Lipinski definition) is 0. The molecule has 0 fully saturated rings. The van der Waals surface area contributed by atoms with E-state index in [-0.39, 0.29) is 16.4 Å². The van der Waals surface area contributed by atoms with Crippen LogP contribution < -0.4 is 27.3 Å². The first-order valence-electron chi connectivity index (χ1n) is 9.04. The molecule has 0 saturated heterocycles. The van der Waals surface area contributed by atoms with Gasteiger partial charge in [0.25, 0.3) is 0 Å². The van der Waals surface area contributed by atoms with Crippen molar-refractivity contribution in [3.8, 4) is 5.69 Å². The SMILES string of the molecule is [B]c1c([B])c([B])c(-n2c3ccccc3c3cc(Br)c4ccccc4c32)c([B])c1[B]. The summed E-state index contributed by atoms with van der Waals surface area (Å²) in [7, 11) is 31.2. The fraction of sp³-hybridized carbons (Fsp3) is 0. The van der Waals surface area contributed by atoms with Crippen LogP contribution in [0.1, 0.15) is 0 Å². The predicted octanol–water partition coefficient (Wildman–Crippen LogP) is 0.668. The van der Waals surface area contributed by atoms with Crippen molar-refractivity contribution in [1.82, 2.24) is 4.57 Å². The van der Waals surface area contributed by atoms with Crippen molar-refractivity contribution < 1.29 is 0 Å². The molecule has 4 aromatic carbocycles. The molecular weight excluding hydrogens is 412 g/mol. The minimum Gasteiger partial charge on any atom is -0.310 e. The molecule has 0 saturated carbocycles. The summed E-state index contributed by atoms with van der Waals surface area (Å²) in [5.74, 6) is 0. The van der Waals surface area contributed by atoms with Gasteiger partial charge in [0.05, 0.1) is 11.0 Å². The highest BCUT2D eigenvalue weighted by atomic mass is 79.9. The van der Waals surface area contributed by atoms with Gasteiger partial charge in [-0.15, -0.1) is 16.4 Å². The molecule has 124 valence electrons. The van der Waals surface area contributed by atoms with E-state index >= 15 is 0 Å². The van der Waals surface area contributed by atoms with Gasteiger partial charge in [-0.3, -0.25) is 0 Å². The van der Waals surface area contributed by atoms with E-state index < -0.39 is 0 Å². The van der Waals surface area contributed by atoms with E-state index in [1.54, 1.807) is 0 Å². The van der Waals surface area contributed by atoms with Crippen LogP contribution in [0, 0.1) is 0 Å². The van der Waals surface area contributed by atoms with Gasteiger partial charge in [0.1, 0.15) is 39.2 Å². The molecule has 0 aliphatic rings. The quantitative estimate of drug-likeness (QED) is 0.351. The van der Waals surface area contributed by atoms with Gasteiger partial charge in [0.15, 0.2) is 0 Å². The molecule has 0 unspecified atom stereocenters. The lowest BCUT2D eigenvalue weighted by atomic mass is 9.61. The zero-order chi connectivity index (χ0) is 20.4. The van der Waals surface area contributed by atoms with E-state index in [4.69, 9.17) is 39.2 Å². The maximum Gasteiger partial charge on any atom is 0.115 e. The number of hydrogen-bond acceptors (Lipinski definition) is 0. The zero-order valence-corrected chi connectivity index (χ0v) is 17.0. The third-order valence-corrected chi connectivity index (χ3v) is 6.18. The van der Waals surface area contributed by atoms with Crippen molar-refractivity contribution in [2.45, 2.75) is 0 Å². The van der Waals surface area contributed by atoms with Crippen molar-refractivity contribution in [1.29, 1.82) is 0 Å².